The molecule has 26 heavy (non-hydrogen) atoms. The van der Waals surface area contributed by atoms with Crippen LogP contribution in [-0.4, -0.2) is 40.9 Å². The van der Waals surface area contributed by atoms with E-state index in [1.54, 1.807) is 13.1 Å². The van der Waals surface area contributed by atoms with E-state index in [4.69, 9.17) is 0 Å². The molecule has 0 bridgehead atoms. The van der Waals surface area contributed by atoms with Gasteiger partial charge in [-0.3, -0.25) is 9.78 Å². The molecule has 0 spiro atoms. The van der Waals surface area contributed by atoms with Crippen LogP contribution in [0, 0.1) is 6.92 Å². The van der Waals surface area contributed by atoms with E-state index in [-0.39, 0.29) is 18.1 Å². The maximum atomic E-state index is 12.1. The first-order valence-electron chi connectivity index (χ1n) is 8.49. The lowest BCUT2D eigenvalue weighted by atomic mass is 10.1. The van der Waals surface area contributed by atoms with E-state index in [2.05, 4.69) is 15.3 Å². The minimum atomic E-state index is -3.21. The van der Waals surface area contributed by atoms with Gasteiger partial charge in [-0.25, -0.2) is 13.4 Å². The largest absolute Gasteiger partial charge is 0.352 e. The molecule has 3 heterocycles. The number of fused-ring (bicyclic) bond motifs is 1. The molecule has 0 aliphatic carbocycles. The highest BCUT2D eigenvalue weighted by Gasteiger charge is 2.26. The minimum Gasteiger partial charge on any atom is -0.352 e. The highest BCUT2D eigenvalue weighted by molar-refractivity contribution is 7.89. The Bertz CT molecular complexity index is 908. The van der Waals surface area contributed by atoms with Crippen LogP contribution in [0.2, 0.25) is 0 Å². The summed E-state index contributed by atoms with van der Waals surface area (Å²) in [5.74, 6) is 0.00456. The third-order valence-electron chi connectivity index (χ3n) is 4.32. The molecule has 0 atom stereocenters. The zero-order chi connectivity index (χ0) is 18.7. The van der Waals surface area contributed by atoms with Gasteiger partial charge in [-0.1, -0.05) is 0 Å². The van der Waals surface area contributed by atoms with Crippen molar-refractivity contribution in [1.29, 1.82) is 0 Å². The van der Waals surface area contributed by atoms with Gasteiger partial charge in [0.1, 0.15) is 0 Å². The molecule has 1 aliphatic heterocycles. The monoisotopic (exact) mass is 394 g/mol. The van der Waals surface area contributed by atoms with Crippen molar-refractivity contribution in [3.63, 3.8) is 0 Å². The molecule has 0 aromatic carbocycles. The summed E-state index contributed by atoms with van der Waals surface area (Å²) >= 11 is 1.53. The number of sulfonamides is 1. The number of aryl methyl sites for hydroxylation is 1. The Labute approximate surface area is 157 Å². The van der Waals surface area contributed by atoms with Crippen LogP contribution in [0.25, 0.3) is 0 Å². The maximum absolute atomic E-state index is 12.1. The number of aromatic nitrogens is 2. The van der Waals surface area contributed by atoms with Gasteiger partial charge < -0.3 is 5.32 Å². The number of pyridine rings is 1. The van der Waals surface area contributed by atoms with E-state index in [1.165, 1.54) is 15.6 Å². The normalized spacial score (nSPS) is 14.8. The van der Waals surface area contributed by atoms with Crippen LogP contribution in [0.4, 0.5) is 0 Å². The van der Waals surface area contributed by atoms with Crippen molar-refractivity contribution in [3.8, 4) is 0 Å². The zero-order valence-corrected chi connectivity index (χ0v) is 16.5. The average molecular weight is 395 g/mol. The second-order valence-electron chi connectivity index (χ2n) is 6.24. The Morgan fingerprint density at radius 2 is 2.23 bits per heavy atom. The first-order valence-corrected chi connectivity index (χ1v) is 11.0. The fourth-order valence-corrected chi connectivity index (χ4v) is 4.57. The first kappa shape index (κ1) is 18.9. The lowest BCUT2D eigenvalue weighted by molar-refractivity contribution is -0.120. The van der Waals surface area contributed by atoms with Crippen molar-refractivity contribution < 1.29 is 13.2 Å². The number of hydrogen-bond acceptors (Lipinski definition) is 6. The number of carbonyl (C=O) groups excluding carboxylic acids is 1. The maximum Gasteiger partial charge on any atom is 0.226 e. The Hall–Kier alpha value is -1.84. The molecule has 2 aromatic heterocycles. The third-order valence-corrected chi connectivity index (χ3v) is 6.97. The predicted octanol–water partition coefficient (Wildman–Crippen LogP) is 1.41. The van der Waals surface area contributed by atoms with E-state index in [1.807, 2.05) is 18.4 Å². The molecule has 7 nitrogen and oxygen atoms in total. The Morgan fingerprint density at radius 1 is 1.42 bits per heavy atom. The summed E-state index contributed by atoms with van der Waals surface area (Å²) in [5, 5.41) is 5.70. The number of thiazole rings is 1. The number of nitrogens with zero attached hydrogens (tertiary/aromatic N) is 3. The van der Waals surface area contributed by atoms with E-state index < -0.39 is 10.0 Å². The fraction of sp³-hybridized carbons (Fsp3) is 0.471. The Balaban J connectivity index is 1.62. The number of rotatable bonds is 6. The second-order valence-corrected chi connectivity index (χ2v) is 9.56. The summed E-state index contributed by atoms with van der Waals surface area (Å²) < 4.78 is 25.7. The van der Waals surface area contributed by atoms with Crippen LogP contribution >= 0.6 is 11.3 Å². The molecule has 1 N–H and O–H groups in total. The molecule has 3 rings (SSSR count). The van der Waals surface area contributed by atoms with Crippen molar-refractivity contribution in [2.75, 3.05) is 12.3 Å². The van der Waals surface area contributed by atoms with Crippen LogP contribution in [0.5, 0.6) is 0 Å². The second kappa shape index (κ2) is 7.81. The molecule has 1 amide bonds. The van der Waals surface area contributed by atoms with Crippen molar-refractivity contribution >= 4 is 27.3 Å². The topological polar surface area (TPSA) is 92.3 Å². The van der Waals surface area contributed by atoms with Crippen molar-refractivity contribution in [1.82, 2.24) is 19.6 Å². The lowest BCUT2D eigenvalue weighted by Gasteiger charge is -2.27. The van der Waals surface area contributed by atoms with Gasteiger partial charge in [0, 0.05) is 43.3 Å². The summed E-state index contributed by atoms with van der Waals surface area (Å²) in [5.41, 5.74) is 3.48. The molecule has 140 valence electrons. The Morgan fingerprint density at radius 3 is 2.92 bits per heavy atom. The third kappa shape index (κ3) is 4.46. The molecule has 0 unspecified atom stereocenters. The molecule has 1 aliphatic rings. The number of amides is 1. The van der Waals surface area contributed by atoms with Crippen LogP contribution < -0.4 is 5.32 Å². The van der Waals surface area contributed by atoms with E-state index in [9.17, 15) is 13.2 Å². The van der Waals surface area contributed by atoms with Crippen LogP contribution in [-0.2, 0) is 40.7 Å². The Kier molecular flexibility index (Phi) is 5.69. The number of hydrogen-bond donors (Lipinski definition) is 1. The van der Waals surface area contributed by atoms with Gasteiger partial charge in [0.15, 0.2) is 0 Å². The molecule has 0 fully saturated rings. The minimum absolute atomic E-state index is 0.0943. The van der Waals surface area contributed by atoms with E-state index in [0.29, 0.717) is 26.1 Å². The molecule has 0 saturated heterocycles. The molecule has 9 heteroatoms. The zero-order valence-electron chi connectivity index (χ0n) is 14.9. The molecule has 0 saturated carbocycles. The van der Waals surface area contributed by atoms with Gasteiger partial charge >= 0.3 is 0 Å². The van der Waals surface area contributed by atoms with Crippen molar-refractivity contribution in [3.05, 3.63) is 45.2 Å². The fourth-order valence-electron chi connectivity index (χ4n) is 2.88. The summed E-state index contributed by atoms with van der Waals surface area (Å²) in [6, 6.07) is 1.94. The SMILES string of the molecule is CCS(=O)(=O)N1CCc2ncc(CNC(=O)Cc3csc(C)n3)cc2C1. The lowest BCUT2D eigenvalue weighted by Crippen LogP contribution is -2.37. The quantitative estimate of drug-likeness (QED) is 0.800. The average Bonchev–Trinajstić information content (AvgIpc) is 3.04. The van der Waals surface area contributed by atoms with Gasteiger partial charge in [-0.2, -0.15) is 4.31 Å². The molecular weight excluding hydrogens is 372 g/mol. The molecule has 0 radical (unpaired) electrons. The van der Waals surface area contributed by atoms with Gasteiger partial charge in [-0.15, -0.1) is 11.3 Å². The van der Waals surface area contributed by atoms with Crippen LogP contribution in [0.1, 0.15) is 34.4 Å². The summed E-state index contributed by atoms with van der Waals surface area (Å²) in [4.78, 5) is 20.8. The van der Waals surface area contributed by atoms with E-state index >= 15 is 0 Å². The van der Waals surface area contributed by atoms with Gasteiger partial charge in [-0.05, 0) is 31.0 Å². The van der Waals surface area contributed by atoms with Crippen LogP contribution in [0.3, 0.4) is 0 Å². The predicted molar refractivity (Wildman–Crippen MR) is 100 cm³/mol. The van der Waals surface area contributed by atoms with Crippen molar-refractivity contribution in [2.45, 2.75) is 39.8 Å². The summed E-state index contributed by atoms with van der Waals surface area (Å²) in [7, 11) is -3.21. The summed E-state index contributed by atoms with van der Waals surface area (Å²) in [6.45, 7) is 4.74. The molecule has 2 aromatic rings. The first-order chi connectivity index (χ1) is 12.4. The van der Waals surface area contributed by atoms with Gasteiger partial charge in [0.25, 0.3) is 0 Å². The summed E-state index contributed by atoms with van der Waals surface area (Å²) in [6.07, 6.45) is 2.62. The molecular formula is C17H22N4O3S2. The number of nitrogens with one attached hydrogen (secondary N) is 1. The number of carbonyl (C=O) groups is 1. The van der Waals surface area contributed by atoms with Crippen molar-refractivity contribution in [2.24, 2.45) is 0 Å². The van der Waals surface area contributed by atoms with E-state index in [0.717, 1.165) is 27.5 Å². The highest BCUT2D eigenvalue weighted by Crippen LogP contribution is 2.21. The standard InChI is InChI=1S/C17H22N4O3S2/c1-3-26(23,24)21-5-4-16-14(10-21)6-13(8-18-16)9-19-17(22)7-15-11-25-12(2)20-15/h6,8,11H,3-5,7,9-10H2,1-2H3,(H,19,22). The van der Waals surface area contributed by atoms with Gasteiger partial charge in [0.2, 0.25) is 15.9 Å². The van der Waals surface area contributed by atoms with Gasteiger partial charge in [0.05, 0.1) is 22.9 Å². The smallest absolute Gasteiger partial charge is 0.226 e. The van der Waals surface area contributed by atoms with Crippen LogP contribution in [0.15, 0.2) is 17.6 Å². The highest BCUT2D eigenvalue weighted by atomic mass is 32.2.